The van der Waals surface area contributed by atoms with Gasteiger partial charge in [0, 0.05) is 0 Å². The molecule has 0 saturated carbocycles. The van der Waals surface area contributed by atoms with Crippen molar-refractivity contribution in [1.82, 2.24) is 0 Å². The average molecular weight is 198 g/mol. The quantitative estimate of drug-likeness (QED) is 0.502. The molecule has 0 aliphatic carbocycles. The van der Waals surface area contributed by atoms with Gasteiger partial charge in [0.25, 0.3) is 0 Å². The van der Waals surface area contributed by atoms with Gasteiger partial charge in [-0.1, -0.05) is 0 Å². The van der Waals surface area contributed by atoms with Crippen LogP contribution in [0.5, 0.6) is 0 Å². The van der Waals surface area contributed by atoms with E-state index in [-0.39, 0.29) is 0 Å². The van der Waals surface area contributed by atoms with Gasteiger partial charge in [-0.15, -0.1) is 0 Å². The molecule has 0 amide bonds. The van der Waals surface area contributed by atoms with Gasteiger partial charge < -0.3 is 4.74 Å². The van der Waals surface area contributed by atoms with Crippen LogP contribution in [0, 0.1) is 0 Å². The Kier molecular flexibility index (Phi) is 3.90. The molecule has 0 aromatic heterocycles. The highest BCUT2D eigenvalue weighted by Gasteiger charge is 2.48. The first-order valence-corrected chi connectivity index (χ1v) is 3.50. The predicted octanol–water partition coefficient (Wildman–Crippen LogP) is 1.11. The topological polar surface area (TPSA) is 43.4 Å². The molecule has 0 fully saturated rings. The highest BCUT2D eigenvalue weighted by Crippen LogP contribution is 2.18. The van der Waals surface area contributed by atoms with Gasteiger partial charge in [0.1, 0.15) is 0 Å². The number of carbonyl (C=O) groups excluding carboxylic acids is 2. The summed E-state index contributed by atoms with van der Waals surface area (Å²) in [6.45, 7) is 0.794. The first kappa shape index (κ1) is 11.9. The molecule has 0 saturated heterocycles. The molecule has 0 rings (SSSR count). The second-order valence-electron chi connectivity index (χ2n) is 2.59. The standard InChI is InChI=1S/C7H9F3O3/c1-4(2)13-6(12)7(9,10)5(11)3-8/h4H,3H2,1-2H3. The largest absolute Gasteiger partial charge is 0.458 e. The van der Waals surface area contributed by atoms with Crippen molar-refractivity contribution in [3.8, 4) is 0 Å². The fourth-order valence-corrected chi connectivity index (χ4v) is 0.486. The van der Waals surface area contributed by atoms with Crippen LogP contribution in [0.1, 0.15) is 13.8 Å². The van der Waals surface area contributed by atoms with Gasteiger partial charge in [0.2, 0.25) is 5.78 Å². The van der Waals surface area contributed by atoms with E-state index in [1.807, 2.05) is 0 Å². The summed E-state index contributed by atoms with van der Waals surface area (Å²) in [5, 5.41) is 0. The Morgan fingerprint density at radius 1 is 1.38 bits per heavy atom. The average Bonchev–Trinajstić information content (AvgIpc) is 2.01. The van der Waals surface area contributed by atoms with Crippen LogP contribution < -0.4 is 0 Å². The molecule has 0 atom stereocenters. The maximum Gasteiger partial charge on any atom is 0.402 e. The van der Waals surface area contributed by atoms with E-state index in [9.17, 15) is 22.8 Å². The Balaban J connectivity index is 4.45. The number of hydrogen-bond acceptors (Lipinski definition) is 3. The van der Waals surface area contributed by atoms with E-state index in [4.69, 9.17) is 0 Å². The van der Waals surface area contributed by atoms with Crippen LogP contribution in [0.25, 0.3) is 0 Å². The van der Waals surface area contributed by atoms with Crippen LogP contribution in [0.15, 0.2) is 0 Å². The monoisotopic (exact) mass is 198 g/mol. The SMILES string of the molecule is CC(C)OC(=O)C(F)(F)C(=O)CF. The number of alkyl halides is 3. The minimum atomic E-state index is -4.38. The Labute approximate surface area is 72.9 Å². The van der Waals surface area contributed by atoms with Gasteiger partial charge in [-0.2, -0.15) is 8.78 Å². The van der Waals surface area contributed by atoms with Crippen molar-refractivity contribution in [2.75, 3.05) is 6.67 Å². The number of carbonyl (C=O) groups is 2. The summed E-state index contributed by atoms with van der Waals surface area (Å²) >= 11 is 0. The van der Waals surface area contributed by atoms with Gasteiger partial charge >= 0.3 is 11.9 Å². The fourth-order valence-electron chi connectivity index (χ4n) is 0.486. The highest BCUT2D eigenvalue weighted by molar-refractivity contribution is 6.05. The van der Waals surface area contributed by atoms with Crippen LogP contribution in [0.4, 0.5) is 13.2 Å². The molecule has 0 aliphatic heterocycles. The molecule has 0 aromatic carbocycles. The summed E-state index contributed by atoms with van der Waals surface area (Å²) in [6.07, 6.45) is -0.772. The van der Waals surface area contributed by atoms with Crippen LogP contribution in [0.2, 0.25) is 0 Å². The van der Waals surface area contributed by atoms with Gasteiger partial charge in [-0.3, -0.25) is 4.79 Å². The first-order valence-electron chi connectivity index (χ1n) is 3.50. The van der Waals surface area contributed by atoms with Crippen molar-refractivity contribution >= 4 is 11.8 Å². The zero-order valence-electron chi connectivity index (χ0n) is 7.14. The van der Waals surface area contributed by atoms with Crippen LogP contribution in [0.3, 0.4) is 0 Å². The lowest BCUT2D eigenvalue weighted by Crippen LogP contribution is -2.41. The zero-order chi connectivity index (χ0) is 10.6. The molecule has 0 unspecified atom stereocenters. The van der Waals surface area contributed by atoms with Gasteiger partial charge in [-0.05, 0) is 13.8 Å². The number of halogens is 3. The van der Waals surface area contributed by atoms with Crippen LogP contribution in [-0.2, 0) is 14.3 Å². The third-order valence-corrected chi connectivity index (χ3v) is 1.07. The lowest BCUT2D eigenvalue weighted by molar-refractivity contribution is -0.180. The van der Waals surface area contributed by atoms with Crippen molar-refractivity contribution in [2.24, 2.45) is 0 Å². The molecule has 76 valence electrons. The molecule has 0 aromatic rings. The predicted molar refractivity (Wildman–Crippen MR) is 37.2 cm³/mol. The van der Waals surface area contributed by atoms with E-state index in [0.29, 0.717) is 0 Å². The van der Waals surface area contributed by atoms with Crippen molar-refractivity contribution < 1.29 is 27.5 Å². The summed E-state index contributed by atoms with van der Waals surface area (Å²) in [5.41, 5.74) is 0. The number of Topliss-reactive ketones (excluding diaryl/α,β-unsaturated/α-hetero) is 1. The van der Waals surface area contributed by atoms with Crippen molar-refractivity contribution in [3.63, 3.8) is 0 Å². The summed E-state index contributed by atoms with van der Waals surface area (Å²) in [5.74, 6) is -8.47. The van der Waals surface area contributed by atoms with Crippen molar-refractivity contribution in [1.29, 1.82) is 0 Å². The number of rotatable bonds is 4. The van der Waals surface area contributed by atoms with E-state index >= 15 is 0 Å². The zero-order valence-corrected chi connectivity index (χ0v) is 7.14. The maximum atomic E-state index is 12.5. The van der Waals surface area contributed by atoms with E-state index in [0.717, 1.165) is 0 Å². The summed E-state index contributed by atoms with van der Waals surface area (Å²) < 4.78 is 40.6. The molecular weight excluding hydrogens is 189 g/mol. The number of esters is 1. The first-order chi connectivity index (χ1) is 5.82. The van der Waals surface area contributed by atoms with Crippen molar-refractivity contribution in [3.05, 3.63) is 0 Å². The Bertz CT molecular complexity index is 213. The summed E-state index contributed by atoms with van der Waals surface area (Å²) in [6, 6.07) is 0. The molecule has 0 heterocycles. The fraction of sp³-hybridized carbons (Fsp3) is 0.714. The second-order valence-corrected chi connectivity index (χ2v) is 2.59. The molecular formula is C7H9F3O3. The minimum absolute atomic E-state index is 0.772. The van der Waals surface area contributed by atoms with Crippen LogP contribution >= 0.6 is 0 Å². The van der Waals surface area contributed by atoms with Gasteiger partial charge in [0.15, 0.2) is 6.67 Å². The molecule has 0 spiro atoms. The molecule has 0 radical (unpaired) electrons. The highest BCUT2D eigenvalue weighted by atomic mass is 19.3. The lowest BCUT2D eigenvalue weighted by atomic mass is 10.2. The third-order valence-electron chi connectivity index (χ3n) is 1.07. The molecule has 6 heteroatoms. The number of ether oxygens (including phenoxy) is 1. The van der Waals surface area contributed by atoms with Gasteiger partial charge in [-0.25, -0.2) is 9.18 Å². The Hall–Kier alpha value is -1.07. The summed E-state index contributed by atoms with van der Waals surface area (Å²) in [7, 11) is 0. The number of hydrogen-bond donors (Lipinski definition) is 0. The Morgan fingerprint density at radius 2 is 1.85 bits per heavy atom. The maximum absolute atomic E-state index is 12.5. The smallest absolute Gasteiger partial charge is 0.402 e. The molecule has 0 aliphatic rings. The van der Waals surface area contributed by atoms with E-state index in [2.05, 4.69) is 4.74 Å². The van der Waals surface area contributed by atoms with E-state index < -0.39 is 30.5 Å². The molecule has 3 nitrogen and oxygen atoms in total. The van der Waals surface area contributed by atoms with E-state index in [1.54, 1.807) is 0 Å². The van der Waals surface area contributed by atoms with Crippen LogP contribution in [-0.4, -0.2) is 30.5 Å². The molecule has 13 heavy (non-hydrogen) atoms. The third kappa shape index (κ3) is 3.04. The number of ketones is 1. The van der Waals surface area contributed by atoms with Gasteiger partial charge in [0.05, 0.1) is 6.10 Å². The normalized spacial score (nSPS) is 11.5. The summed E-state index contributed by atoms with van der Waals surface area (Å²) in [4.78, 5) is 20.7. The molecule has 0 N–H and O–H groups in total. The second kappa shape index (κ2) is 4.25. The lowest BCUT2D eigenvalue weighted by Gasteiger charge is -2.14. The minimum Gasteiger partial charge on any atom is -0.458 e. The molecule has 0 bridgehead atoms. The van der Waals surface area contributed by atoms with Crippen molar-refractivity contribution in [2.45, 2.75) is 25.9 Å². The van der Waals surface area contributed by atoms with E-state index in [1.165, 1.54) is 13.8 Å². The Morgan fingerprint density at radius 3 is 2.15 bits per heavy atom.